The Morgan fingerprint density at radius 2 is 2.57 bits per heavy atom. The number of ether oxygens (including phenoxy) is 1. The lowest BCUT2D eigenvalue weighted by Gasteiger charge is -2.09. The summed E-state index contributed by atoms with van der Waals surface area (Å²) in [5, 5.41) is 8.70. The fraction of sp³-hybridized carbons (Fsp3) is 0.600. The fourth-order valence-corrected chi connectivity index (χ4v) is 0.525. The maximum Gasteiger partial charge on any atom is 0.0955 e. The summed E-state index contributed by atoms with van der Waals surface area (Å²) >= 11 is 0. The Morgan fingerprint density at radius 3 is 2.86 bits per heavy atom. The van der Waals surface area contributed by atoms with Gasteiger partial charge in [-0.05, 0) is 0 Å². The van der Waals surface area contributed by atoms with E-state index in [1.54, 1.807) is 6.08 Å². The quantitative estimate of drug-likeness (QED) is 0.432. The second-order valence-corrected chi connectivity index (χ2v) is 1.53. The Kier molecular flexibility index (Phi) is 1.44. The molecule has 0 aliphatic carbocycles. The van der Waals surface area contributed by atoms with Crippen LogP contribution in [0.5, 0.6) is 0 Å². The lowest BCUT2D eigenvalue weighted by Crippen LogP contribution is -2.16. The highest BCUT2D eigenvalue weighted by atomic mass is 16.5. The van der Waals surface area contributed by atoms with Gasteiger partial charge in [0.15, 0.2) is 0 Å². The molecule has 7 heavy (non-hydrogen) atoms. The highest BCUT2D eigenvalue weighted by Gasteiger charge is 2.00. The van der Waals surface area contributed by atoms with E-state index < -0.39 is 0 Å². The van der Waals surface area contributed by atoms with Crippen molar-refractivity contribution in [1.29, 1.82) is 0 Å². The summed E-state index contributed by atoms with van der Waals surface area (Å²) in [4.78, 5) is 0. The standard InChI is InChI=1S/C5H8O2/c6-5-2-1-3-7-4-5/h1-2,5-6H,3-4H2/t5-/m0/s1. The molecule has 0 bridgehead atoms. The average Bonchev–Trinajstić information content (AvgIpc) is 1.69. The minimum atomic E-state index is -0.367. The predicted molar refractivity (Wildman–Crippen MR) is 26.0 cm³/mol. The average molecular weight is 100 g/mol. The molecule has 0 fully saturated rings. The summed E-state index contributed by atoms with van der Waals surface area (Å²) in [7, 11) is 0. The molecule has 1 aliphatic heterocycles. The Balaban J connectivity index is 2.36. The van der Waals surface area contributed by atoms with Crippen LogP contribution in [-0.2, 0) is 4.74 Å². The first-order valence-corrected chi connectivity index (χ1v) is 2.32. The van der Waals surface area contributed by atoms with Crippen LogP contribution in [-0.4, -0.2) is 24.4 Å². The van der Waals surface area contributed by atoms with Crippen molar-refractivity contribution < 1.29 is 9.84 Å². The van der Waals surface area contributed by atoms with Gasteiger partial charge >= 0.3 is 0 Å². The maximum absolute atomic E-state index is 8.70. The zero-order valence-electron chi connectivity index (χ0n) is 4.00. The number of hydrogen-bond acceptors (Lipinski definition) is 2. The molecule has 1 heterocycles. The molecule has 1 aliphatic rings. The van der Waals surface area contributed by atoms with Gasteiger partial charge in [0.2, 0.25) is 0 Å². The molecule has 0 spiro atoms. The van der Waals surface area contributed by atoms with Gasteiger partial charge < -0.3 is 9.84 Å². The van der Waals surface area contributed by atoms with E-state index in [9.17, 15) is 0 Å². The second-order valence-electron chi connectivity index (χ2n) is 1.53. The van der Waals surface area contributed by atoms with Gasteiger partial charge in [-0.15, -0.1) is 0 Å². The summed E-state index contributed by atoms with van der Waals surface area (Å²) in [5.41, 5.74) is 0. The van der Waals surface area contributed by atoms with Crippen molar-refractivity contribution in [2.24, 2.45) is 0 Å². The molecule has 1 atom stereocenters. The minimum absolute atomic E-state index is 0.367. The number of rotatable bonds is 0. The van der Waals surface area contributed by atoms with Crippen LogP contribution in [0.1, 0.15) is 0 Å². The van der Waals surface area contributed by atoms with E-state index in [4.69, 9.17) is 9.84 Å². The van der Waals surface area contributed by atoms with Gasteiger partial charge in [0, 0.05) is 0 Å². The van der Waals surface area contributed by atoms with Crippen molar-refractivity contribution in [1.82, 2.24) is 0 Å². The van der Waals surface area contributed by atoms with Gasteiger partial charge in [0.25, 0.3) is 0 Å². The van der Waals surface area contributed by atoms with Gasteiger partial charge in [0.05, 0.1) is 19.3 Å². The fourth-order valence-electron chi connectivity index (χ4n) is 0.525. The second kappa shape index (κ2) is 2.09. The van der Waals surface area contributed by atoms with E-state index in [0.717, 1.165) is 0 Å². The molecule has 0 saturated carbocycles. The lowest BCUT2D eigenvalue weighted by atomic mass is 10.3. The van der Waals surface area contributed by atoms with E-state index >= 15 is 0 Å². The topological polar surface area (TPSA) is 29.5 Å². The number of aliphatic hydroxyl groups is 1. The highest BCUT2D eigenvalue weighted by Crippen LogP contribution is 1.93. The molecular formula is C5H8O2. The molecule has 2 heteroatoms. The van der Waals surface area contributed by atoms with E-state index in [1.807, 2.05) is 6.08 Å². The van der Waals surface area contributed by atoms with Gasteiger partial charge in [-0.25, -0.2) is 0 Å². The molecule has 1 rings (SSSR count). The molecule has 0 aromatic carbocycles. The van der Waals surface area contributed by atoms with Crippen molar-refractivity contribution in [3.8, 4) is 0 Å². The Labute approximate surface area is 42.4 Å². The van der Waals surface area contributed by atoms with Crippen molar-refractivity contribution in [2.45, 2.75) is 6.10 Å². The molecule has 0 unspecified atom stereocenters. The molecule has 0 amide bonds. The molecule has 0 radical (unpaired) electrons. The smallest absolute Gasteiger partial charge is 0.0955 e. The van der Waals surface area contributed by atoms with Crippen molar-refractivity contribution >= 4 is 0 Å². The zero-order chi connectivity index (χ0) is 5.11. The first-order valence-electron chi connectivity index (χ1n) is 2.32. The van der Waals surface area contributed by atoms with Crippen molar-refractivity contribution in [3.05, 3.63) is 12.2 Å². The van der Waals surface area contributed by atoms with Crippen LogP contribution in [0.4, 0.5) is 0 Å². The summed E-state index contributed by atoms with van der Waals surface area (Å²) in [5.74, 6) is 0. The van der Waals surface area contributed by atoms with Gasteiger partial charge in [-0.1, -0.05) is 12.2 Å². The molecule has 2 nitrogen and oxygen atoms in total. The van der Waals surface area contributed by atoms with Crippen LogP contribution in [0.3, 0.4) is 0 Å². The van der Waals surface area contributed by atoms with E-state index in [2.05, 4.69) is 0 Å². The van der Waals surface area contributed by atoms with Crippen LogP contribution in [0.15, 0.2) is 12.2 Å². The summed E-state index contributed by atoms with van der Waals surface area (Å²) in [6, 6.07) is 0. The highest BCUT2D eigenvalue weighted by molar-refractivity contribution is 4.91. The molecular weight excluding hydrogens is 92.1 g/mol. The molecule has 1 N–H and O–H groups in total. The molecule has 0 aromatic heterocycles. The summed E-state index contributed by atoms with van der Waals surface area (Å²) < 4.78 is 4.84. The number of hydrogen-bond donors (Lipinski definition) is 1. The van der Waals surface area contributed by atoms with Gasteiger partial charge in [0.1, 0.15) is 0 Å². The normalized spacial score (nSPS) is 30.7. The van der Waals surface area contributed by atoms with Crippen molar-refractivity contribution in [2.75, 3.05) is 13.2 Å². The van der Waals surface area contributed by atoms with E-state index in [-0.39, 0.29) is 6.10 Å². The van der Waals surface area contributed by atoms with Crippen LogP contribution < -0.4 is 0 Å². The van der Waals surface area contributed by atoms with E-state index in [1.165, 1.54) is 0 Å². The van der Waals surface area contributed by atoms with Crippen LogP contribution in [0, 0.1) is 0 Å². The summed E-state index contributed by atoms with van der Waals surface area (Å²) in [6.45, 7) is 1.10. The minimum Gasteiger partial charge on any atom is -0.387 e. The predicted octanol–water partition coefficient (Wildman–Crippen LogP) is -0.0663. The van der Waals surface area contributed by atoms with Crippen LogP contribution in [0.2, 0.25) is 0 Å². The zero-order valence-corrected chi connectivity index (χ0v) is 4.00. The maximum atomic E-state index is 8.70. The Morgan fingerprint density at radius 1 is 1.71 bits per heavy atom. The molecule has 0 aromatic rings. The van der Waals surface area contributed by atoms with Gasteiger partial charge in [-0.3, -0.25) is 0 Å². The van der Waals surface area contributed by atoms with Crippen LogP contribution >= 0.6 is 0 Å². The third kappa shape index (κ3) is 1.29. The van der Waals surface area contributed by atoms with Crippen molar-refractivity contribution in [3.63, 3.8) is 0 Å². The first-order chi connectivity index (χ1) is 3.39. The number of aliphatic hydroxyl groups excluding tert-OH is 1. The largest absolute Gasteiger partial charge is 0.387 e. The van der Waals surface area contributed by atoms with E-state index in [0.29, 0.717) is 13.2 Å². The summed E-state index contributed by atoms with van der Waals surface area (Å²) in [6.07, 6.45) is 3.19. The van der Waals surface area contributed by atoms with Crippen LogP contribution in [0.25, 0.3) is 0 Å². The van der Waals surface area contributed by atoms with Gasteiger partial charge in [-0.2, -0.15) is 0 Å². The Hall–Kier alpha value is -0.340. The molecule has 40 valence electrons. The monoisotopic (exact) mass is 100 g/mol. The SMILES string of the molecule is O[C@H]1C=CCOC1. The third-order valence-electron chi connectivity index (χ3n) is 0.861. The molecule has 0 saturated heterocycles. The third-order valence-corrected chi connectivity index (χ3v) is 0.861. The Bertz CT molecular complexity index is 78.1. The lowest BCUT2D eigenvalue weighted by molar-refractivity contribution is 0.0628. The first kappa shape index (κ1) is 4.81.